The molecule has 0 unspecified atom stereocenters. The van der Waals surface area contributed by atoms with Crippen molar-refractivity contribution in [1.29, 1.82) is 0 Å². The lowest BCUT2D eigenvalue weighted by atomic mass is 9.90. The third-order valence-corrected chi connectivity index (χ3v) is 4.59. The number of aromatic hydroxyl groups is 1. The van der Waals surface area contributed by atoms with Crippen molar-refractivity contribution in [1.82, 2.24) is 0 Å². The van der Waals surface area contributed by atoms with Gasteiger partial charge in [-0.2, -0.15) is 0 Å². The van der Waals surface area contributed by atoms with Crippen LogP contribution in [0.25, 0.3) is 11.0 Å². The summed E-state index contributed by atoms with van der Waals surface area (Å²) in [4.78, 5) is 12.9. The molecule has 0 saturated carbocycles. The van der Waals surface area contributed by atoms with Gasteiger partial charge in [0, 0.05) is 30.0 Å². The van der Waals surface area contributed by atoms with Crippen molar-refractivity contribution >= 4 is 11.0 Å². The van der Waals surface area contributed by atoms with E-state index in [1.807, 2.05) is 19.9 Å². The number of rotatable bonds is 3. The minimum Gasteiger partial charge on any atom is -0.507 e. The lowest BCUT2D eigenvalue weighted by molar-refractivity contribution is 0.00936. The van der Waals surface area contributed by atoms with E-state index in [4.69, 9.17) is 9.15 Å². The van der Waals surface area contributed by atoms with E-state index >= 15 is 0 Å². The van der Waals surface area contributed by atoms with Crippen LogP contribution in [0.5, 0.6) is 11.5 Å². The quantitative estimate of drug-likeness (QED) is 0.733. The van der Waals surface area contributed by atoms with Crippen molar-refractivity contribution in [3.63, 3.8) is 0 Å². The SMILES string of the molecule is COc1cc2oc3c(c(=O)c2c(O)c1CC=C(C)C)C[C@@H](O)[C@H](O)C3. The molecule has 25 heavy (non-hydrogen) atoms. The van der Waals surface area contributed by atoms with Crippen LogP contribution in [-0.2, 0) is 19.3 Å². The van der Waals surface area contributed by atoms with Gasteiger partial charge in [-0.1, -0.05) is 11.6 Å². The number of fused-ring (bicyclic) bond motifs is 2. The predicted octanol–water partition coefficient (Wildman–Crippen LogP) is 1.84. The Hall–Kier alpha value is -2.31. The van der Waals surface area contributed by atoms with Crippen LogP contribution < -0.4 is 10.2 Å². The van der Waals surface area contributed by atoms with Crippen molar-refractivity contribution in [2.75, 3.05) is 7.11 Å². The maximum absolute atomic E-state index is 12.9. The molecule has 2 aromatic rings. The molecule has 0 radical (unpaired) electrons. The van der Waals surface area contributed by atoms with Gasteiger partial charge in [0.05, 0.1) is 19.3 Å². The summed E-state index contributed by atoms with van der Waals surface area (Å²) in [7, 11) is 1.49. The van der Waals surface area contributed by atoms with Gasteiger partial charge in [0.1, 0.15) is 28.2 Å². The third-order valence-electron chi connectivity index (χ3n) is 4.59. The third kappa shape index (κ3) is 3.03. The molecule has 0 saturated heterocycles. The number of benzene rings is 1. The highest BCUT2D eigenvalue weighted by atomic mass is 16.5. The number of hydrogen-bond acceptors (Lipinski definition) is 6. The zero-order chi connectivity index (χ0) is 18.3. The predicted molar refractivity (Wildman–Crippen MR) is 93.3 cm³/mol. The monoisotopic (exact) mass is 346 g/mol. The Morgan fingerprint density at radius 2 is 2.00 bits per heavy atom. The molecular formula is C19H22O6. The van der Waals surface area contributed by atoms with Crippen LogP contribution in [0.1, 0.15) is 30.7 Å². The van der Waals surface area contributed by atoms with E-state index in [0.29, 0.717) is 29.1 Å². The Morgan fingerprint density at radius 1 is 1.32 bits per heavy atom. The zero-order valence-corrected chi connectivity index (χ0v) is 14.5. The largest absolute Gasteiger partial charge is 0.507 e. The van der Waals surface area contributed by atoms with Crippen LogP contribution in [0.2, 0.25) is 0 Å². The molecule has 6 heteroatoms. The second-order valence-corrected chi connectivity index (χ2v) is 6.64. The van der Waals surface area contributed by atoms with Gasteiger partial charge in [-0.3, -0.25) is 4.79 Å². The molecule has 6 nitrogen and oxygen atoms in total. The normalized spacial score (nSPS) is 19.6. The van der Waals surface area contributed by atoms with E-state index in [1.54, 1.807) is 6.07 Å². The summed E-state index contributed by atoms with van der Waals surface area (Å²) in [5.41, 5.74) is 1.73. The minimum absolute atomic E-state index is 0.00352. The Kier molecular flexibility index (Phi) is 4.58. The van der Waals surface area contributed by atoms with Gasteiger partial charge in [0.25, 0.3) is 0 Å². The minimum atomic E-state index is -1.02. The number of aliphatic hydroxyl groups is 2. The molecule has 2 atom stereocenters. The van der Waals surface area contributed by atoms with E-state index in [1.165, 1.54) is 7.11 Å². The lowest BCUT2D eigenvalue weighted by Crippen LogP contribution is -2.37. The fourth-order valence-corrected chi connectivity index (χ4v) is 3.16. The van der Waals surface area contributed by atoms with Crippen LogP contribution in [0.15, 0.2) is 26.9 Å². The Morgan fingerprint density at radius 3 is 2.64 bits per heavy atom. The maximum Gasteiger partial charge on any atom is 0.200 e. The van der Waals surface area contributed by atoms with Crippen LogP contribution >= 0.6 is 0 Å². The average Bonchev–Trinajstić information content (AvgIpc) is 2.55. The van der Waals surface area contributed by atoms with Crippen LogP contribution in [0.4, 0.5) is 0 Å². The van der Waals surface area contributed by atoms with Crippen molar-refractivity contribution in [2.24, 2.45) is 0 Å². The summed E-state index contributed by atoms with van der Waals surface area (Å²) in [5, 5.41) is 30.4. The fourth-order valence-electron chi connectivity index (χ4n) is 3.16. The summed E-state index contributed by atoms with van der Waals surface area (Å²) in [5.74, 6) is 0.611. The van der Waals surface area contributed by atoms with E-state index in [2.05, 4.69) is 0 Å². The summed E-state index contributed by atoms with van der Waals surface area (Å²) in [6.07, 6.45) is 0.432. The van der Waals surface area contributed by atoms with Gasteiger partial charge < -0.3 is 24.5 Å². The lowest BCUT2D eigenvalue weighted by Gasteiger charge is -2.24. The van der Waals surface area contributed by atoms with Gasteiger partial charge in [0.15, 0.2) is 5.43 Å². The number of aliphatic hydroxyl groups excluding tert-OH is 2. The second kappa shape index (κ2) is 6.54. The van der Waals surface area contributed by atoms with Crippen molar-refractivity contribution < 1.29 is 24.5 Å². The summed E-state index contributed by atoms with van der Waals surface area (Å²) >= 11 is 0. The Bertz CT molecular complexity index is 904. The van der Waals surface area contributed by atoms with Crippen molar-refractivity contribution in [3.8, 4) is 11.5 Å². The number of allylic oxidation sites excluding steroid dienone is 2. The maximum atomic E-state index is 12.9. The average molecular weight is 346 g/mol. The number of ether oxygens (including phenoxy) is 1. The number of methoxy groups -OCH3 is 1. The molecule has 1 aromatic carbocycles. The van der Waals surface area contributed by atoms with Gasteiger partial charge in [-0.05, 0) is 20.3 Å². The van der Waals surface area contributed by atoms with E-state index in [-0.39, 0.29) is 35.0 Å². The van der Waals surface area contributed by atoms with Gasteiger partial charge >= 0.3 is 0 Å². The molecule has 1 aliphatic carbocycles. The number of hydrogen-bond donors (Lipinski definition) is 3. The molecule has 0 fully saturated rings. The van der Waals surface area contributed by atoms with Crippen molar-refractivity contribution in [2.45, 2.75) is 45.3 Å². The van der Waals surface area contributed by atoms with Crippen molar-refractivity contribution in [3.05, 3.63) is 44.8 Å². The van der Waals surface area contributed by atoms with Gasteiger partial charge in [0.2, 0.25) is 0 Å². The van der Waals surface area contributed by atoms with Crippen LogP contribution in [0.3, 0.4) is 0 Å². The summed E-state index contributed by atoms with van der Waals surface area (Å²) < 4.78 is 11.1. The first-order valence-corrected chi connectivity index (χ1v) is 8.20. The molecule has 1 aliphatic rings. The number of phenolic OH excluding ortho intramolecular Hbond substituents is 1. The van der Waals surface area contributed by atoms with Gasteiger partial charge in [-0.15, -0.1) is 0 Å². The first-order valence-electron chi connectivity index (χ1n) is 8.20. The zero-order valence-electron chi connectivity index (χ0n) is 14.5. The second-order valence-electron chi connectivity index (χ2n) is 6.64. The Labute approximate surface area is 145 Å². The Balaban J connectivity index is 2.27. The van der Waals surface area contributed by atoms with E-state index < -0.39 is 12.2 Å². The highest BCUT2D eigenvalue weighted by Gasteiger charge is 2.31. The molecule has 3 rings (SSSR count). The van der Waals surface area contributed by atoms with Crippen LogP contribution in [-0.4, -0.2) is 34.6 Å². The van der Waals surface area contributed by atoms with Crippen LogP contribution in [0, 0.1) is 0 Å². The molecule has 3 N–H and O–H groups in total. The summed E-state index contributed by atoms with van der Waals surface area (Å²) in [6, 6.07) is 1.59. The molecule has 0 amide bonds. The molecular weight excluding hydrogens is 324 g/mol. The molecule has 1 heterocycles. The topological polar surface area (TPSA) is 100 Å². The van der Waals surface area contributed by atoms with E-state index in [0.717, 1.165) is 5.57 Å². The molecule has 0 spiro atoms. The smallest absolute Gasteiger partial charge is 0.200 e. The fraction of sp³-hybridized carbons (Fsp3) is 0.421. The summed E-state index contributed by atoms with van der Waals surface area (Å²) in [6.45, 7) is 3.89. The first-order chi connectivity index (χ1) is 11.8. The molecule has 134 valence electrons. The standard InChI is InChI=1S/C19H22O6/c1-9(2)4-5-10-14(24-3)8-16-17(18(10)22)19(23)11-6-12(20)13(21)7-15(11)25-16/h4,8,12-13,20-22H,5-7H2,1-3H3/t12-,13-/m1/s1. The molecule has 1 aromatic heterocycles. The van der Waals surface area contributed by atoms with Gasteiger partial charge in [-0.25, -0.2) is 0 Å². The molecule has 0 bridgehead atoms. The van der Waals surface area contributed by atoms with E-state index in [9.17, 15) is 20.1 Å². The highest BCUT2D eigenvalue weighted by molar-refractivity contribution is 5.87. The number of phenols is 1. The molecule has 0 aliphatic heterocycles. The highest BCUT2D eigenvalue weighted by Crippen LogP contribution is 2.37. The first kappa shape index (κ1) is 17.5.